The minimum absolute atomic E-state index is 0.230. The zero-order valence-electron chi connectivity index (χ0n) is 17.9. The van der Waals surface area contributed by atoms with Crippen molar-refractivity contribution in [2.24, 2.45) is 0 Å². The van der Waals surface area contributed by atoms with Gasteiger partial charge in [-0.1, -0.05) is 41.6 Å². The number of rotatable bonds is 5. The van der Waals surface area contributed by atoms with E-state index in [9.17, 15) is 12.8 Å². The zero-order chi connectivity index (χ0) is 23.0. The van der Waals surface area contributed by atoms with Crippen molar-refractivity contribution in [3.05, 3.63) is 72.4 Å². The predicted octanol–water partition coefficient (Wildman–Crippen LogP) is 4.61. The van der Waals surface area contributed by atoms with Crippen LogP contribution in [0.25, 0.3) is 22.2 Å². The summed E-state index contributed by atoms with van der Waals surface area (Å²) in [6.45, 7) is 0.636. The van der Waals surface area contributed by atoms with E-state index < -0.39 is 10.0 Å². The van der Waals surface area contributed by atoms with Crippen LogP contribution in [-0.2, 0) is 10.0 Å². The molecule has 1 fully saturated rings. The smallest absolute Gasteiger partial charge is 0.243 e. The highest BCUT2D eigenvalue weighted by molar-refractivity contribution is 7.89. The monoisotopic (exact) mass is 467 g/mol. The van der Waals surface area contributed by atoms with E-state index in [4.69, 9.17) is 9.26 Å². The Kier molecular flexibility index (Phi) is 5.59. The molecule has 0 aliphatic carbocycles. The van der Waals surface area contributed by atoms with Crippen molar-refractivity contribution in [3.63, 3.8) is 0 Å². The van der Waals surface area contributed by atoms with Gasteiger partial charge in [0.25, 0.3) is 0 Å². The van der Waals surface area contributed by atoms with Crippen LogP contribution < -0.4 is 4.74 Å². The number of hydrogen-bond acceptors (Lipinski definition) is 6. The highest BCUT2D eigenvalue weighted by Gasteiger charge is 2.34. The van der Waals surface area contributed by atoms with Gasteiger partial charge >= 0.3 is 0 Å². The lowest BCUT2D eigenvalue weighted by Crippen LogP contribution is -2.39. The van der Waals surface area contributed by atoms with Crippen LogP contribution in [0.4, 0.5) is 4.39 Å². The van der Waals surface area contributed by atoms with Crippen molar-refractivity contribution >= 4 is 20.8 Å². The Labute approximate surface area is 190 Å². The lowest BCUT2D eigenvalue weighted by molar-refractivity contribution is 0.266. The summed E-state index contributed by atoms with van der Waals surface area (Å²) in [6.07, 6.45) is 1.38. The van der Waals surface area contributed by atoms with Crippen molar-refractivity contribution in [1.82, 2.24) is 14.4 Å². The summed E-state index contributed by atoms with van der Waals surface area (Å²) < 4.78 is 53.1. The molecule has 0 saturated carbocycles. The van der Waals surface area contributed by atoms with E-state index in [1.165, 1.54) is 16.4 Å². The number of methoxy groups -OCH3 is 1. The molecule has 5 rings (SSSR count). The summed E-state index contributed by atoms with van der Waals surface area (Å²) >= 11 is 0. The normalized spacial score (nSPS) is 17.3. The molecule has 170 valence electrons. The first kappa shape index (κ1) is 21.5. The number of fused-ring (bicyclic) bond motifs is 1. The average molecular weight is 468 g/mol. The number of sulfonamides is 1. The van der Waals surface area contributed by atoms with Gasteiger partial charge in [-0.2, -0.15) is 9.29 Å². The third kappa shape index (κ3) is 3.98. The lowest BCUT2D eigenvalue weighted by Gasteiger charge is -2.30. The molecule has 33 heavy (non-hydrogen) atoms. The Morgan fingerprint density at radius 2 is 1.91 bits per heavy atom. The van der Waals surface area contributed by atoms with E-state index in [1.807, 2.05) is 18.2 Å². The fraction of sp³-hybridized carbons (Fsp3) is 0.250. The maximum Gasteiger partial charge on any atom is 0.243 e. The Balaban J connectivity index is 1.44. The number of hydrogen-bond donors (Lipinski definition) is 0. The maximum absolute atomic E-state index is 13.6. The first-order valence-corrected chi connectivity index (χ1v) is 12.1. The van der Waals surface area contributed by atoms with Crippen LogP contribution in [-0.4, -0.2) is 43.1 Å². The number of benzene rings is 3. The van der Waals surface area contributed by atoms with Crippen LogP contribution in [0.2, 0.25) is 0 Å². The fourth-order valence-corrected chi connectivity index (χ4v) is 6.01. The number of nitrogens with zero attached hydrogens (tertiary/aromatic N) is 3. The van der Waals surface area contributed by atoms with Crippen molar-refractivity contribution < 1.29 is 22.1 Å². The van der Waals surface area contributed by atoms with Gasteiger partial charge in [0.2, 0.25) is 21.7 Å². The largest absolute Gasteiger partial charge is 0.496 e. The van der Waals surface area contributed by atoms with E-state index in [1.54, 1.807) is 37.4 Å². The lowest BCUT2D eigenvalue weighted by atomic mass is 10.00. The second-order valence-corrected chi connectivity index (χ2v) is 9.89. The summed E-state index contributed by atoms with van der Waals surface area (Å²) in [4.78, 5) is 4.67. The van der Waals surface area contributed by atoms with Gasteiger partial charge in [-0.05, 0) is 37.1 Å². The SMILES string of the molecule is COc1ccc(S(=O)(=O)N2CCCC(c3nc(-c4cccc(F)c4)no3)C2)c2ccccc12. The van der Waals surface area contributed by atoms with Crippen LogP contribution in [0.3, 0.4) is 0 Å². The highest BCUT2D eigenvalue weighted by Crippen LogP contribution is 2.35. The molecule has 1 atom stereocenters. The van der Waals surface area contributed by atoms with Gasteiger partial charge in [-0.3, -0.25) is 0 Å². The number of ether oxygens (including phenoxy) is 1. The molecule has 9 heteroatoms. The van der Waals surface area contributed by atoms with Gasteiger partial charge in [-0.25, -0.2) is 12.8 Å². The summed E-state index contributed by atoms with van der Waals surface area (Å²) in [5, 5.41) is 5.33. The van der Waals surface area contributed by atoms with Gasteiger partial charge in [0.15, 0.2) is 0 Å². The first-order valence-electron chi connectivity index (χ1n) is 10.6. The summed E-state index contributed by atoms with van der Waals surface area (Å²) in [5.74, 6) is 0.629. The van der Waals surface area contributed by atoms with Gasteiger partial charge in [-0.15, -0.1) is 0 Å². The number of halogens is 1. The molecule has 0 N–H and O–H groups in total. The summed E-state index contributed by atoms with van der Waals surface area (Å²) in [5.41, 5.74) is 0.509. The van der Waals surface area contributed by atoms with Gasteiger partial charge in [0.05, 0.1) is 17.9 Å². The molecule has 1 unspecified atom stereocenters. The van der Waals surface area contributed by atoms with Crippen molar-refractivity contribution in [1.29, 1.82) is 0 Å². The molecule has 0 radical (unpaired) electrons. The van der Waals surface area contributed by atoms with Crippen LogP contribution in [0.15, 0.2) is 70.1 Å². The topological polar surface area (TPSA) is 85.5 Å². The first-order chi connectivity index (χ1) is 16.0. The summed E-state index contributed by atoms with van der Waals surface area (Å²) in [7, 11) is -2.20. The Bertz CT molecular complexity index is 1420. The molecule has 3 aromatic carbocycles. The van der Waals surface area contributed by atoms with Crippen LogP contribution >= 0.6 is 0 Å². The Morgan fingerprint density at radius 1 is 1.09 bits per heavy atom. The predicted molar refractivity (Wildman–Crippen MR) is 121 cm³/mol. The van der Waals surface area contributed by atoms with E-state index in [0.29, 0.717) is 35.6 Å². The van der Waals surface area contributed by atoms with Gasteiger partial charge < -0.3 is 9.26 Å². The molecule has 0 spiro atoms. The standard InChI is InChI=1S/C24H22FN3O4S/c1-31-21-11-12-22(20-10-3-2-9-19(20)21)33(29,30)28-13-5-7-17(15-28)24-26-23(27-32-24)16-6-4-8-18(25)14-16/h2-4,6,8-12,14,17H,5,7,13,15H2,1H3. The molecule has 2 heterocycles. The van der Waals surface area contributed by atoms with Crippen molar-refractivity contribution in [2.75, 3.05) is 20.2 Å². The quantitative estimate of drug-likeness (QED) is 0.426. The molecule has 1 aromatic heterocycles. The molecule has 4 aromatic rings. The average Bonchev–Trinajstić information content (AvgIpc) is 3.34. The minimum Gasteiger partial charge on any atom is -0.496 e. The maximum atomic E-state index is 13.6. The van der Waals surface area contributed by atoms with Crippen LogP contribution in [0, 0.1) is 5.82 Å². The van der Waals surface area contributed by atoms with E-state index in [0.717, 1.165) is 11.8 Å². The number of aromatic nitrogens is 2. The molecular weight excluding hydrogens is 445 g/mol. The molecule has 1 aliphatic rings. The third-order valence-corrected chi connectivity index (χ3v) is 7.86. The fourth-order valence-electron chi connectivity index (χ4n) is 4.29. The second-order valence-electron chi connectivity index (χ2n) is 7.98. The molecule has 1 saturated heterocycles. The molecule has 0 bridgehead atoms. The Morgan fingerprint density at radius 3 is 2.70 bits per heavy atom. The minimum atomic E-state index is -3.77. The van der Waals surface area contributed by atoms with Gasteiger partial charge in [0.1, 0.15) is 11.6 Å². The second kappa shape index (κ2) is 8.57. The molecule has 1 aliphatic heterocycles. The number of piperidine rings is 1. The van der Waals surface area contributed by atoms with E-state index in [-0.39, 0.29) is 29.0 Å². The Hall–Kier alpha value is -3.30. The molecular formula is C24H22FN3O4S. The van der Waals surface area contributed by atoms with E-state index >= 15 is 0 Å². The van der Waals surface area contributed by atoms with Crippen molar-refractivity contribution in [3.8, 4) is 17.1 Å². The molecule has 0 amide bonds. The van der Waals surface area contributed by atoms with Crippen molar-refractivity contribution in [2.45, 2.75) is 23.7 Å². The summed E-state index contributed by atoms with van der Waals surface area (Å²) in [6, 6.07) is 16.5. The van der Waals surface area contributed by atoms with Crippen LogP contribution in [0.5, 0.6) is 5.75 Å². The zero-order valence-corrected chi connectivity index (χ0v) is 18.8. The van der Waals surface area contributed by atoms with Crippen LogP contribution in [0.1, 0.15) is 24.7 Å². The highest BCUT2D eigenvalue weighted by atomic mass is 32.2. The molecule has 7 nitrogen and oxygen atoms in total. The van der Waals surface area contributed by atoms with E-state index in [2.05, 4.69) is 10.1 Å². The van der Waals surface area contributed by atoms with Gasteiger partial charge in [0, 0.05) is 29.4 Å². The third-order valence-electron chi connectivity index (χ3n) is 5.94.